The molecule has 0 radical (unpaired) electrons. The van der Waals surface area contributed by atoms with E-state index in [-0.39, 0.29) is 5.41 Å². The van der Waals surface area contributed by atoms with E-state index >= 15 is 0 Å². The van der Waals surface area contributed by atoms with E-state index in [1.165, 1.54) is 72.5 Å². The molecule has 0 heterocycles. The van der Waals surface area contributed by atoms with Gasteiger partial charge in [0, 0.05) is 22.4 Å². The van der Waals surface area contributed by atoms with Gasteiger partial charge in [-0.05, 0) is 117 Å². The predicted molar refractivity (Wildman–Crippen MR) is 222 cm³/mol. The maximum atomic E-state index is 2.48. The molecule has 0 N–H and O–H groups in total. The lowest BCUT2D eigenvalue weighted by Gasteiger charge is -2.30. The molecule has 0 spiro atoms. The van der Waals surface area contributed by atoms with Crippen LogP contribution in [0.2, 0.25) is 0 Å². The van der Waals surface area contributed by atoms with Crippen molar-refractivity contribution in [2.45, 2.75) is 44.9 Å². The van der Waals surface area contributed by atoms with Crippen molar-refractivity contribution in [2.24, 2.45) is 0 Å². The van der Waals surface area contributed by atoms with E-state index in [2.05, 4.69) is 195 Å². The van der Waals surface area contributed by atoms with Crippen molar-refractivity contribution in [3.63, 3.8) is 0 Å². The van der Waals surface area contributed by atoms with Gasteiger partial charge in [0.2, 0.25) is 0 Å². The summed E-state index contributed by atoms with van der Waals surface area (Å²) in [5.41, 5.74) is 19.3. The summed E-state index contributed by atoms with van der Waals surface area (Å²) in [4.78, 5) is 2.48. The van der Waals surface area contributed by atoms with E-state index in [4.69, 9.17) is 0 Å². The highest BCUT2D eigenvalue weighted by Crippen LogP contribution is 2.53. The second kappa shape index (κ2) is 13.3. The van der Waals surface area contributed by atoms with Crippen LogP contribution < -0.4 is 4.90 Å². The topological polar surface area (TPSA) is 3.24 Å². The SMILES string of the molecule is CC1(C)C2=CCCC=C2c2ccc(N(c3ccc(-c4ccccc4)cc3)c3ccccc3-c3ccccc3C3=C(c4ccccc4)CCC=C3)cc21. The van der Waals surface area contributed by atoms with Crippen molar-refractivity contribution >= 4 is 33.8 Å². The number of para-hydroxylation sites is 1. The van der Waals surface area contributed by atoms with Crippen LogP contribution in [0.15, 0.2) is 182 Å². The Morgan fingerprint density at radius 1 is 0.500 bits per heavy atom. The van der Waals surface area contributed by atoms with Crippen LogP contribution in [-0.4, -0.2) is 0 Å². The van der Waals surface area contributed by atoms with Gasteiger partial charge in [-0.25, -0.2) is 0 Å². The number of hydrogen-bond acceptors (Lipinski definition) is 1. The molecule has 3 aliphatic carbocycles. The number of hydrogen-bond donors (Lipinski definition) is 0. The first-order valence-electron chi connectivity index (χ1n) is 18.7. The summed E-state index contributed by atoms with van der Waals surface area (Å²) in [7, 11) is 0. The van der Waals surface area contributed by atoms with Crippen molar-refractivity contribution in [3.05, 3.63) is 204 Å². The van der Waals surface area contributed by atoms with Crippen molar-refractivity contribution in [3.8, 4) is 22.3 Å². The summed E-state index contributed by atoms with van der Waals surface area (Å²) in [6.07, 6.45) is 13.9. The third kappa shape index (κ3) is 5.58. The Labute approximate surface area is 308 Å². The van der Waals surface area contributed by atoms with E-state index in [1.54, 1.807) is 0 Å². The zero-order valence-corrected chi connectivity index (χ0v) is 30.0. The molecule has 6 aromatic rings. The fraction of sp³-hybridized carbons (Fsp3) is 0.137. The van der Waals surface area contributed by atoms with Gasteiger partial charge < -0.3 is 4.90 Å². The van der Waals surface area contributed by atoms with Crippen LogP contribution in [-0.2, 0) is 5.41 Å². The zero-order chi connectivity index (χ0) is 35.1. The largest absolute Gasteiger partial charge is 0.310 e. The summed E-state index contributed by atoms with van der Waals surface area (Å²) in [6.45, 7) is 4.79. The number of allylic oxidation sites excluding steroid dienone is 8. The summed E-state index contributed by atoms with van der Waals surface area (Å²) in [6, 6.07) is 55.8. The second-order valence-electron chi connectivity index (χ2n) is 14.7. The van der Waals surface area contributed by atoms with Gasteiger partial charge in [0.05, 0.1) is 5.69 Å². The molecule has 0 saturated carbocycles. The van der Waals surface area contributed by atoms with E-state index in [9.17, 15) is 0 Å². The molecule has 6 aromatic carbocycles. The number of benzene rings is 6. The predicted octanol–water partition coefficient (Wildman–Crippen LogP) is 14.1. The van der Waals surface area contributed by atoms with Gasteiger partial charge in [0.15, 0.2) is 0 Å². The van der Waals surface area contributed by atoms with Crippen LogP contribution in [0.4, 0.5) is 17.1 Å². The highest BCUT2D eigenvalue weighted by atomic mass is 15.1. The van der Waals surface area contributed by atoms with E-state index < -0.39 is 0 Å². The van der Waals surface area contributed by atoms with Gasteiger partial charge in [-0.3, -0.25) is 0 Å². The summed E-state index contributed by atoms with van der Waals surface area (Å²) < 4.78 is 0. The second-order valence-corrected chi connectivity index (χ2v) is 14.7. The first-order chi connectivity index (χ1) is 25.6. The lowest BCUT2D eigenvalue weighted by atomic mass is 9.80. The third-order valence-corrected chi connectivity index (χ3v) is 11.2. The Bertz CT molecular complexity index is 2400. The van der Waals surface area contributed by atoms with E-state index in [0.29, 0.717) is 0 Å². The molecule has 52 heavy (non-hydrogen) atoms. The van der Waals surface area contributed by atoms with Crippen molar-refractivity contribution in [1.29, 1.82) is 0 Å². The molecule has 0 atom stereocenters. The molecule has 252 valence electrons. The molecule has 0 bridgehead atoms. The van der Waals surface area contributed by atoms with E-state index in [1.807, 2.05) is 0 Å². The smallest absolute Gasteiger partial charge is 0.0540 e. The number of fused-ring (bicyclic) bond motifs is 3. The summed E-state index contributed by atoms with van der Waals surface area (Å²) in [5.74, 6) is 0. The van der Waals surface area contributed by atoms with Crippen LogP contribution in [0.25, 0.3) is 39.0 Å². The Kier molecular flexibility index (Phi) is 8.20. The first-order valence-corrected chi connectivity index (χ1v) is 18.7. The van der Waals surface area contributed by atoms with Gasteiger partial charge in [-0.15, -0.1) is 0 Å². The van der Waals surface area contributed by atoms with Gasteiger partial charge in [0.25, 0.3) is 0 Å². The minimum absolute atomic E-state index is 0.0554. The monoisotopic (exact) mass is 669 g/mol. The molecule has 1 heteroatoms. The molecule has 0 amide bonds. The maximum absolute atomic E-state index is 2.48. The quantitative estimate of drug-likeness (QED) is 0.164. The van der Waals surface area contributed by atoms with Crippen molar-refractivity contribution in [1.82, 2.24) is 0 Å². The Morgan fingerprint density at radius 2 is 1.12 bits per heavy atom. The highest BCUT2D eigenvalue weighted by molar-refractivity contribution is 6.02. The van der Waals surface area contributed by atoms with Crippen LogP contribution in [0.3, 0.4) is 0 Å². The summed E-state index contributed by atoms with van der Waals surface area (Å²) >= 11 is 0. The molecule has 0 aliphatic heterocycles. The standard InChI is InChI=1S/C51H43N/c1-51(2)48-27-15-13-25-45(48)46-34-33-40(35-49(46)51)52(39-31-29-37(30-32-39)36-17-5-3-6-18-36)50-28-16-14-26-47(50)44-24-12-11-23-43(44)42-22-10-9-21-41(42)38-19-7-4-8-20-38/h3-8,10-12,14,16-20,22-35H,9,13,15,21H2,1-2H3. The number of rotatable bonds is 7. The normalized spacial score (nSPS) is 15.8. The lowest BCUT2D eigenvalue weighted by Crippen LogP contribution is -2.17. The molecule has 3 aliphatic rings. The fourth-order valence-corrected chi connectivity index (χ4v) is 8.66. The van der Waals surface area contributed by atoms with E-state index in [0.717, 1.165) is 37.1 Å². The molecular weight excluding hydrogens is 627 g/mol. The van der Waals surface area contributed by atoms with Crippen LogP contribution >= 0.6 is 0 Å². The zero-order valence-electron chi connectivity index (χ0n) is 30.0. The average molecular weight is 670 g/mol. The summed E-state index contributed by atoms with van der Waals surface area (Å²) in [5, 5.41) is 0. The third-order valence-electron chi connectivity index (χ3n) is 11.2. The van der Waals surface area contributed by atoms with Crippen molar-refractivity contribution in [2.75, 3.05) is 4.90 Å². The van der Waals surface area contributed by atoms with Gasteiger partial charge in [0.1, 0.15) is 0 Å². The van der Waals surface area contributed by atoms with Gasteiger partial charge >= 0.3 is 0 Å². The average Bonchev–Trinajstić information content (AvgIpc) is 3.44. The first kappa shape index (κ1) is 32.0. The Balaban J connectivity index is 1.24. The molecule has 1 nitrogen and oxygen atoms in total. The molecule has 0 unspecified atom stereocenters. The van der Waals surface area contributed by atoms with Gasteiger partial charge in [-0.1, -0.05) is 159 Å². The molecule has 0 saturated heterocycles. The Morgan fingerprint density at radius 3 is 1.88 bits per heavy atom. The van der Waals surface area contributed by atoms with Crippen LogP contribution in [0, 0.1) is 0 Å². The highest BCUT2D eigenvalue weighted by Gasteiger charge is 2.39. The lowest BCUT2D eigenvalue weighted by molar-refractivity contribution is 0.654. The minimum atomic E-state index is -0.0554. The number of nitrogens with zero attached hydrogens (tertiary/aromatic N) is 1. The Hall–Kier alpha value is -5.92. The molecule has 0 aromatic heterocycles. The minimum Gasteiger partial charge on any atom is -0.310 e. The molecule has 9 rings (SSSR count). The van der Waals surface area contributed by atoms with Crippen LogP contribution in [0.5, 0.6) is 0 Å². The van der Waals surface area contributed by atoms with Crippen LogP contribution in [0.1, 0.15) is 61.8 Å². The maximum Gasteiger partial charge on any atom is 0.0540 e. The molecular formula is C51H43N. The van der Waals surface area contributed by atoms with Gasteiger partial charge in [-0.2, -0.15) is 0 Å². The number of anilines is 3. The molecule has 0 fully saturated rings. The van der Waals surface area contributed by atoms with Crippen molar-refractivity contribution < 1.29 is 0 Å². The fourth-order valence-electron chi connectivity index (χ4n) is 8.66.